The fraction of sp³-hybridized carbons (Fsp3) is 0.154. The largest absolute Gasteiger partial charge is 0.256 e. The van der Waals surface area contributed by atoms with Gasteiger partial charge in [0.2, 0.25) is 0 Å². The van der Waals surface area contributed by atoms with Crippen molar-refractivity contribution in [2.75, 3.05) is 0 Å². The predicted octanol–water partition coefficient (Wildman–Crippen LogP) is 4.81. The maximum absolute atomic E-state index is 5.91. The van der Waals surface area contributed by atoms with E-state index in [1.165, 1.54) is 5.56 Å². The monoisotopic (exact) mass is 249 g/mol. The van der Waals surface area contributed by atoms with E-state index in [1.54, 1.807) is 11.3 Å². The van der Waals surface area contributed by atoms with Gasteiger partial charge in [-0.2, -0.15) is 0 Å². The number of hydrogen-bond donors (Lipinski definition) is 0. The number of nitrogens with zero attached hydrogens (tertiary/aromatic N) is 1. The van der Waals surface area contributed by atoms with Crippen LogP contribution in [0.4, 0.5) is 0 Å². The summed E-state index contributed by atoms with van der Waals surface area (Å²) in [7, 11) is 0. The minimum atomic E-state index is 0.787. The lowest BCUT2D eigenvalue weighted by Gasteiger charge is -2.02. The Morgan fingerprint density at radius 3 is 2.75 bits per heavy atom. The molecule has 0 fully saturated rings. The fourth-order valence-electron chi connectivity index (χ4n) is 1.52. The molecule has 2 rings (SSSR count). The summed E-state index contributed by atoms with van der Waals surface area (Å²) in [6.07, 6.45) is 5.90. The molecule has 0 aromatic carbocycles. The van der Waals surface area contributed by atoms with E-state index >= 15 is 0 Å². The molecule has 0 amide bonds. The van der Waals surface area contributed by atoms with Crippen LogP contribution < -0.4 is 0 Å². The molecule has 2 aromatic rings. The summed E-state index contributed by atoms with van der Waals surface area (Å²) in [6, 6.07) is 4.11. The van der Waals surface area contributed by atoms with Gasteiger partial charge in [0.05, 0.1) is 10.7 Å². The lowest BCUT2D eigenvalue weighted by Crippen LogP contribution is -1.87. The first-order valence-electron chi connectivity index (χ1n) is 5.04. The van der Waals surface area contributed by atoms with Crippen molar-refractivity contribution >= 4 is 29.0 Å². The quantitative estimate of drug-likeness (QED) is 0.745. The molecule has 2 heterocycles. The zero-order chi connectivity index (χ0) is 11.5. The maximum atomic E-state index is 5.91. The zero-order valence-electron chi connectivity index (χ0n) is 9.20. The standard InChI is InChI=1S/C13H12ClNS/c1-3-4-12-9(2)5-10(7-15-12)13-6-11(14)8-16-13/h3-8H,1-2H3/b4-3-. The van der Waals surface area contributed by atoms with Gasteiger partial charge in [-0.15, -0.1) is 11.3 Å². The Kier molecular flexibility index (Phi) is 3.42. The Balaban J connectivity index is 2.41. The van der Waals surface area contributed by atoms with Gasteiger partial charge in [0.15, 0.2) is 0 Å². The van der Waals surface area contributed by atoms with Crippen LogP contribution in [0, 0.1) is 6.92 Å². The molecule has 82 valence electrons. The number of rotatable bonds is 2. The van der Waals surface area contributed by atoms with Crippen molar-refractivity contribution in [1.29, 1.82) is 0 Å². The topological polar surface area (TPSA) is 12.9 Å². The highest BCUT2D eigenvalue weighted by atomic mass is 35.5. The van der Waals surface area contributed by atoms with Gasteiger partial charge in [0, 0.05) is 22.0 Å². The van der Waals surface area contributed by atoms with E-state index in [-0.39, 0.29) is 0 Å². The van der Waals surface area contributed by atoms with Crippen molar-refractivity contribution in [3.05, 3.63) is 46.1 Å². The van der Waals surface area contributed by atoms with E-state index in [1.807, 2.05) is 36.7 Å². The van der Waals surface area contributed by atoms with Gasteiger partial charge >= 0.3 is 0 Å². The third-order valence-corrected chi connectivity index (χ3v) is 3.62. The van der Waals surface area contributed by atoms with Crippen LogP contribution in [0.25, 0.3) is 16.5 Å². The van der Waals surface area contributed by atoms with E-state index in [0.717, 1.165) is 21.2 Å². The molecule has 0 spiro atoms. The molecule has 2 aromatic heterocycles. The summed E-state index contributed by atoms with van der Waals surface area (Å²) >= 11 is 7.55. The van der Waals surface area contributed by atoms with Crippen molar-refractivity contribution in [2.24, 2.45) is 0 Å². The molecular weight excluding hydrogens is 238 g/mol. The molecule has 0 atom stereocenters. The number of aromatic nitrogens is 1. The Hall–Kier alpha value is -1.12. The third kappa shape index (κ3) is 2.34. The van der Waals surface area contributed by atoms with Gasteiger partial charge in [-0.1, -0.05) is 17.7 Å². The van der Waals surface area contributed by atoms with Gasteiger partial charge in [-0.25, -0.2) is 0 Å². The number of thiophene rings is 1. The van der Waals surface area contributed by atoms with Gasteiger partial charge in [0.25, 0.3) is 0 Å². The Morgan fingerprint density at radius 1 is 1.38 bits per heavy atom. The molecule has 1 nitrogen and oxygen atoms in total. The van der Waals surface area contributed by atoms with Crippen LogP contribution in [0.5, 0.6) is 0 Å². The van der Waals surface area contributed by atoms with Gasteiger partial charge < -0.3 is 0 Å². The summed E-state index contributed by atoms with van der Waals surface area (Å²) in [5.74, 6) is 0. The van der Waals surface area contributed by atoms with E-state index in [9.17, 15) is 0 Å². The van der Waals surface area contributed by atoms with E-state index in [0.29, 0.717) is 0 Å². The van der Waals surface area contributed by atoms with Gasteiger partial charge in [-0.3, -0.25) is 4.98 Å². The van der Waals surface area contributed by atoms with E-state index < -0.39 is 0 Å². The lowest BCUT2D eigenvalue weighted by molar-refractivity contribution is 1.24. The van der Waals surface area contributed by atoms with Crippen LogP contribution in [0.15, 0.2) is 29.8 Å². The molecule has 0 aliphatic rings. The number of pyridine rings is 1. The molecule has 0 radical (unpaired) electrons. The number of hydrogen-bond acceptors (Lipinski definition) is 2. The highest BCUT2D eigenvalue weighted by Crippen LogP contribution is 2.30. The minimum absolute atomic E-state index is 0.787. The summed E-state index contributed by atoms with van der Waals surface area (Å²) in [5.41, 5.74) is 3.33. The van der Waals surface area contributed by atoms with Crippen LogP contribution in [-0.2, 0) is 0 Å². The molecule has 0 saturated carbocycles. The van der Waals surface area contributed by atoms with E-state index in [4.69, 9.17) is 11.6 Å². The lowest BCUT2D eigenvalue weighted by atomic mass is 10.1. The first kappa shape index (κ1) is 11.4. The Labute approximate surface area is 104 Å². The summed E-state index contributed by atoms with van der Waals surface area (Å²) < 4.78 is 0. The van der Waals surface area contributed by atoms with E-state index in [2.05, 4.69) is 18.0 Å². The maximum Gasteiger partial charge on any atom is 0.0655 e. The Morgan fingerprint density at radius 2 is 2.19 bits per heavy atom. The molecule has 0 aliphatic heterocycles. The van der Waals surface area contributed by atoms with Gasteiger partial charge in [-0.05, 0) is 37.6 Å². The van der Waals surface area contributed by atoms with Crippen molar-refractivity contribution < 1.29 is 0 Å². The van der Waals surface area contributed by atoms with Crippen molar-refractivity contribution in [2.45, 2.75) is 13.8 Å². The zero-order valence-corrected chi connectivity index (χ0v) is 10.8. The average molecular weight is 250 g/mol. The van der Waals surface area contributed by atoms with Crippen LogP contribution in [0.3, 0.4) is 0 Å². The molecule has 0 saturated heterocycles. The number of aryl methyl sites for hydroxylation is 1. The third-order valence-electron chi connectivity index (χ3n) is 2.30. The van der Waals surface area contributed by atoms with Crippen LogP contribution in [0.2, 0.25) is 5.02 Å². The second kappa shape index (κ2) is 4.81. The minimum Gasteiger partial charge on any atom is -0.256 e. The predicted molar refractivity (Wildman–Crippen MR) is 72.0 cm³/mol. The molecule has 0 bridgehead atoms. The molecule has 3 heteroatoms. The summed E-state index contributed by atoms with van der Waals surface area (Å²) in [4.78, 5) is 5.59. The van der Waals surface area contributed by atoms with Crippen molar-refractivity contribution in [3.8, 4) is 10.4 Å². The van der Waals surface area contributed by atoms with Crippen molar-refractivity contribution in [1.82, 2.24) is 4.98 Å². The normalized spacial score (nSPS) is 11.2. The van der Waals surface area contributed by atoms with Crippen LogP contribution in [0.1, 0.15) is 18.2 Å². The molecule has 0 N–H and O–H groups in total. The van der Waals surface area contributed by atoms with Crippen LogP contribution in [-0.4, -0.2) is 4.98 Å². The molecule has 16 heavy (non-hydrogen) atoms. The first-order chi connectivity index (χ1) is 7.70. The molecular formula is C13H12ClNS. The van der Waals surface area contributed by atoms with Crippen LogP contribution >= 0.6 is 22.9 Å². The second-order valence-electron chi connectivity index (χ2n) is 3.56. The summed E-state index contributed by atoms with van der Waals surface area (Å²) in [6.45, 7) is 4.06. The number of allylic oxidation sites excluding steroid dienone is 1. The molecule has 0 aliphatic carbocycles. The van der Waals surface area contributed by atoms with Gasteiger partial charge in [0.1, 0.15) is 0 Å². The van der Waals surface area contributed by atoms with Crippen molar-refractivity contribution in [3.63, 3.8) is 0 Å². The highest BCUT2D eigenvalue weighted by molar-refractivity contribution is 7.14. The first-order valence-corrected chi connectivity index (χ1v) is 6.30. The average Bonchev–Trinajstić information content (AvgIpc) is 2.68. The molecule has 0 unspecified atom stereocenters. The Bertz CT molecular complexity index is 528. The second-order valence-corrected chi connectivity index (χ2v) is 4.90. The SMILES string of the molecule is C/C=C\c1ncc(-c2cc(Cl)cs2)cc1C. The summed E-state index contributed by atoms with van der Waals surface area (Å²) in [5, 5.41) is 2.72. The number of halogens is 1. The smallest absolute Gasteiger partial charge is 0.0655 e. The fourth-order valence-corrected chi connectivity index (χ4v) is 2.57. The highest BCUT2D eigenvalue weighted by Gasteiger charge is 2.04.